The van der Waals surface area contributed by atoms with Crippen LogP contribution in [0.4, 0.5) is 4.39 Å². The Labute approximate surface area is 67.6 Å². The van der Waals surface area contributed by atoms with Crippen molar-refractivity contribution >= 4 is 11.3 Å². The second kappa shape index (κ2) is 4.32. The van der Waals surface area contributed by atoms with Crippen LogP contribution in [0.2, 0.25) is 0 Å². The fourth-order valence-electron chi connectivity index (χ4n) is 0.602. The third-order valence-corrected chi connectivity index (χ3v) is 1.75. The van der Waals surface area contributed by atoms with Gasteiger partial charge in [0, 0.05) is 19.6 Å². The molecule has 1 aromatic rings. The lowest BCUT2D eigenvalue weighted by atomic mass is 10.6. The van der Waals surface area contributed by atoms with Crippen molar-refractivity contribution in [3.05, 3.63) is 10.3 Å². The van der Waals surface area contributed by atoms with E-state index in [9.17, 15) is 4.39 Å². The first-order valence-corrected chi connectivity index (χ1v) is 4.03. The maximum absolute atomic E-state index is 12.2. The number of hydrogen-bond acceptors (Lipinski definition) is 5. The number of nitrogens with one attached hydrogen (secondary N) is 1. The van der Waals surface area contributed by atoms with E-state index in [0.717, 1.165) is 11.3 Å². The molecule has 0 aliphatic rings. The number of nitrogens with zero attached hydrogens (tertiary/aromatic N) is 2. The second-order valence-electron chi connectivity index (χ2n) is 1.91. The Morgan fingerprint density at radius 1 is 1.55 bits per heavy atom. The quantitative estimate of drug-likeness (QED) is 0.620. The molecule has 1 rings (SSSR count). The summed E-state index contributed by atoms with van der Waals surface area (Å²) in [5.74, 6) is 0. The summed E-state index contributed by atoms with van der Waals surface area (Å²) in [6, 6.07) is 0. The Kier molecular flexibility index (Phi) is 3.34. The average Bonchev–Trinajstić information content (AvgIpc) is 2.37. The molecule has 0 aliphatic heterocycles. The molecular weight excluding hydrogens is 167 g/mol. The molecule has 0 aliphatic carbocycles. The maximum atomic E-state index is 12.2. The van der Waals surface area contributed by atoms with E-state index >= 15 is 0 Å². The van der Waals surface area contributed by atoms with Crippen molar-refractivity contribution in [2.75, 3.05) is 13.1 Å². The molecule has 0 fully saturated rings. The Morgan fingerprint density at radius 3 is 2.91 bits per heavy atom. The second-order valence-corrected chi connectivity index (χ2v) is 2.93. The van der Waals surface area contributed by atoms with Crippen LogP contribution in [0.15, 0.2) is 0 Å². The average molecular weight is 176 g/mol. The normalized spacial score (nSPS) is 10.4. The standard InChI is InChI=1S/C5H9FN4S/c6-5-10-9-4(11-5)3-8-2-1-7/h8H,1-3,7H2. The summed E-state index contributed by atoms with van der Waals surface area (Å²) in [7, 11) is 0. The van der Waals surface area contributed by atoms with Crippen molar-refractivity contribution in [3.63, 3.8) is 0 Å². The van der Waals surface area contributed by atoms with Gasteiger partial charge < -0.3 is 11.1 Å². The smallest absolute Gasteiger partial charge is 0.289 e. The summed E-state index contributed by atoms with van der Waals surface area (Å²) in [6.07, 6.45) is 0. The van der Waals surface area contributed by atoms with E-state index < -0.39 is 5.26 Å². The zero-order chi connectivity index (χ0) is 8.10. The van der Waals surface area contributed by atoms with Crippen LogP contribution in [0.1, 0.15) is 5.01 Å². The summed E-state index contributed by atoms with van der Waals surface area (Å²) >= 11 is 0.946. The molecule has 11 heavy (non-hydrogen) atoms. The molecule has 0 spiro atoms. The zero-order valence-electron chi connectivity index (χ0n) is 5.88. The molecule has 0 atom stereocenters. The van der Waals surface area contributed by atoms with Crippen molar-refractivity contribution in [2.45, 2.75) is 6.54 Å². The molecule has 62 valence electrons. The summed E-state index contributed by atoms with van der Waals surface area (Å²) in [5.41, 5.74) is 5.23. The summed E-state index contributed by atoms with van der Waals surface area (Å²) in [4.78, 5) is 0. The Morgan fingerprint density at radius 2 is 2.36 bits per heavy atom. The molecule has 1 aromatic heterocycles. The lowest BCUT2D eigenvalue weighted by Gasteiger charge is -1.96. The minimum absolute atomic E-state index is 0.491. The highest BCUT2D eigenvalue weighted by Gasteiger charge is 2.00. The van der Waals surface area contributed by atoms with Crippen molar-refractivity contribution in [3.8, 4) is 0 Å². The molecular formula is C5H9FN4S. The van der Waals surface area contributed by atoms with Crippen LogP contribution in [0, 0.1) is 5.26 Å². The zero-order valence-corrected chi connectivity index (χ0v) is 6.70. The number of rotatable bonds is 4. The first kappa shape index (κ1) is 8.51. The van der Waals surface area contributed by atoms with Crippen molar-refractivity contribution < 1.29 is 4.39 Å². The monoisotopic (exact) mass is 176 g/mol. The van der Waals surface area contributed by atoms with Gasteiger partial charge in [-0.15, -0.1) is 10.2 Å². The summed E-state index contributed by atoms with van der Waals surface area (Å²) < 4.78 is 12.2. The van der Waals surface area contributed by atoms with Gasteiger partial charge in [0.25, 0.3) is 5.26 Å². The predicted octanol–water partition coefficient (Wildman–Crippen LogP) is -0.275. The van der Waals surface area contributed by atoms with Gasteiger partial charge in [-0.25, -0.2) is 0 Å². The van der Waals surface area contributed by atoms with Crippen molar-refractivity contribution in [2.24, 2.45) is 5.73 Å². The molecule has 0 unspecified atom stereocenters. The number of halogens is 1. The van der Waals surface area contributed by atoms with Crippen LogP contribution in [0.3, 0.4) is 0 Å². The molecule has 4 nitrogen and oxygen atoms in total. The van der Waals surface area contributed by atoms with Crippen LogP contribution >= 0.6 is 11.3 Å². The molecule has 1 heterocycles. The maximum Gasteiger partial charge on any atom is 0.289 e. The van der Waals surface area contributed by atoms with Crippen LogP contribution in [0.5, 0.6) is 0 Å². The molecule has 0 saturated carbocycles. The lowest BCUT2D eigenvalue weighted by molar-refractivity contribution is 0.598. The fraction of sp³-hybridized carbons (Fsp3) is 0.600. The van der Waals surface area contributed by atoms with Crippen LogP contribution in [-0.4, -0.2) is 23.3 Å². The SMILES string of the molecule is NCCNCc1nnc(F)s1. The van der Waals surface area contributed by atoms with Gasteiger partial charge >= 0.3 is 0 Å². The van der Waals surface area contributed by atoms with Crippen LogP contribution < -0.4 is 11.1 Å². The van der Waals surface area contributed by atoms with Crippen molar-refractivity contribution in [1.29, 1.82) is 0 Å². The predicted molar refractivity (Wildman–Crippen MR) is 40.6 cm³/mol. The summed E-state index contributed by atoms with van der Waals surface area (Å²) in [6.45, 7) is 1.82. The first-order chi connectivity index (χ1) is 5.33. The van der Waals surface area contributed by atoms with Crippen LogP contribution in [-0.2, 0) is 6.54 Å². The molecule has 0 aromatic carbocycles. The fourth-order valence-corrected chi connectivity index (χ4v) is 1.13. The molecule has 0 radical (unpaired) electrons. The topological polar surface area (TPSA) is 63.8 Å². The molecule has 0 saturated heterocycles. The third-order valence-electron chi connectivity index (χ3n) is 1.04. The van der Waals surface area contributed by atoms with Gasteiger partial charge in [0.05, 0.1) is 0 Å². The number of nitrogens with two attached hydrogens (primary N) is 1. The van der Waals surface area contributed by atoms with Gasteiger partial charge in [0.2, 0.25) is 0 Å². The van der Waals surface area contributed by atoms with Gasteiger partial charge in [-0.3, -0.25) is 0 Å². The minimum atomic E-state index is -0.491. The highest BCUT2D eigenvalue weighted by molar-refractivity contribution is 7.09. The highest BCUT2D eigenvalue weighted by atomic mass is 32.1. The Hall–Kier alpha value is -0.590. The number of aromatic nitrogens is 2. The van der Waals surface area contributed by atoms with Crippen LogP contribution in [0.25, 0.3) is 0 Å². The number of hydrogen-bond donors (Lipinski definition) is 2. The van der Waals surface area contributed by atoms with Gasteiger partial charge in [-0.2, -0.15) is 4.39 Å². The van der Waals surface area contributed by atoms with Crippen molar-refractivity contribution in [1.82, 2.24) is 15.5 Å². The molecule has 3 N–H and O–H groups in total. The Balaban J connectivity index is 2.27. The summed E-state index contributed by atoms with van der Waals surface area (Å²) in [5, 5.41) is 9.94. The first-order valence-electron chi connectivity index (χ1n) is 3.21. The molecule has 6 heteroatoms. The van der Waals surface area contributed by atoms with E-state index in [0.29, 0.717) is 24.6 Å². The van der Waals surface area contributed by atoms with E-state index in [1.54, 1.807) is 0 Å². The van der Waals surface area contributed by atoms with Gasteiger partial charge in [0.1, 0.15) is 5.01 Å². The van der Waals surface area contributed by atoms with E-state index in [-0.39, 0.29) is 0 Å². The largest absolute Gasteiger partial charge is 0.329 e. The van der Waals surface area contributed by atoms with Gasteiger partial charge in [-0.05, 0) is 0 Å². The van der Waals surface area contributed by atoms with E-state index in [4.69, 9.17) is 5.73 Å². The van der Waals surface area contributed by atoms with Gasteiger partial charge in [-0.1, -0.05) is 11.3 Å². The Bertz CT molecular complexity index is 214. The minimum Gasteiger partial charge on any atom is -0.329 e. The lowest BCUT2D eigenvalue weighted by Crippen LogP contribution is -2.21. The highest BCUT2D eigenvalue weighted by Crippen LogP contribution is 2.05. The third kappa shape index (κ3) is 2.87. The molecule has 0 amide bonds. The van der Waals surface area contributed by atoms with Gasteiger partial charge in [0.15, 0.2) is 0 Å². The van der Waals surface area contributed by atoms with E-state index in [1.165, 1.54) is 0 Å². The van der Waals surface area contributed by atoms with E-state index in [1.807, 2.05) is 0 Å². The molecule has 0 bridgehead atoms. The van der Waals surface area contributed by atoms with E-state index in [2.05, 4.69) is 15.5 Å².